The Morgan fingerprint density at radius 2 is 1.30 bits per heavy atom. The van der Waals surface area contributed by atoms with Crippen LogP contribution in [0.2, 0.25) is 0 Å². The molecule has 0 heterocycles. The van der Waals surface area contributed by atoms with Gasteiger partial charge in [-0.1, -0.05) is 19.2 Å². The number of nitrogens with two attached hydrogens (primary N) is 1. The number of carbonyl (C=O) groups is 4. The van der Waals surface area contributed by atoms with Crippen LogP contribution >= 0.6 is 0 Å². The highest BCUT2D eigenvalue weighted by Crippen LogP contribution is 2.21. The Labute approximate surface area is 232 Å². The van der Waals surface area contributed by atoms with Crippen molar-refractivity contribution in [3.63, 3.8) is 0 Å². The maximum atomic E-state index is 12.9. The van der Waals surface area contributed by atoms with Gasteiger partial charge in [-0.25, -0.2) is 19.2 Å². The van der Waals surface area contributed by atoms with Crippen molar-refractivity contribution in [1.29, 1.82) is 0 Å². The van der Waals surface area contributed by atoms with Crippen LogP contribution in [0, 0.1) is 0 Å². The molecule has 0 aliphatic rings. The number of nitrogens with zero attached hydrogens (tertiary/aromatic N) is 1. The van der Waals surface area contributed by atoms with Crippen molar-refractivity contribution in [2.75, 3.05) is 26.4 Å². The maximum Gasteiger partial charge on any atom is 0.344 e. The molecule has 11 nitrogen and oxygen atoms in total. The van der Waals surface area contributed by atoms with Gasteiger partial charge in [-0.05, 0) is 67.6 Å². The standard InChI is InChI=1S/C29H32N2O9/c1-3-26(32)37-16-8-6-5-7-15-36-22-10-12-23(13-11-22)40-29(35)24-14-9-21(20-31-30)19-25(24)28(34)39-18-17-38-27(33)4-2/h3-4,9-14,19-20H,1-2,5-8,15-18,30H2/b31-20+. The molecule has 0 fully saturated rings. The Kier molecular flexibility index (Phi) is 13.7. The number of hydrogen-bond acceptors (Lipinski definition) is 11. The molecule has 0 atom stereocenters. The number of benzene rings is 2. The zero-order valence-electron chi connectivity index (χ0n) is 22.0. The average Bonchev–Trinajstić information content (AvgIpc) is 2.97. The predicted molar refractivity (Wildman–Crippen MR) is 146 cm³/mol. The van der Waals surface area contributed by atoms with E-state index in [1.807, 2.05) is 0 Å². The van der Waals surface area contributed by atoms with E-state index in [0.717, 1.165) is 37.8 Å². The molecule has 0 saturated carbocycles. The van der Waals surface area contributed by atoms with Crippen LogP contribution in [0.5, 0.6) is 11.5 Å². The molecule has 2 rings (SSSR count). The van der Waals surface area contributed by atoms with Gasteiger partial charge in [0, 0.05) is 12.2 Å². The van der Waals surface area contributed by atoms with Crippen LogP contribution in [0.3, 0.4) is 0 Å². The third kappa shape index (κ3) is 11.2. The lowest BCUT2D eigenvalue weighted by atomic mass is 10.0. The molecular weight excluding hydrogens is 520 g/mol. The maximum absolute atomic E-state index is 12.9. The topological polar surface area (TPSA) is 153 Å². The van der Waals surface area contributed by atoms with Crippen LogP contribution in [0.25, 0.3) is 0 Å². The average molecular weight is 553 g/mol. The van der Waals surface area contributed by atoms with E-state index in [1.54, 1.807) is 30.3 Å². The monoisotopic (exact) mass is 552 g/mol. The summed E-state index contributed by atoms with van der Waals surface area (Å²) in [6, 6.07) is 10.8. The first-order chi connectivity index (χ1) is 19.4. The Hall–Kier alpha value is -4.93. The lowest BCUT2D eigenvalue weighted by Gasteiger charge is -2.11. The van der Waals surface area contributed by atoms with E-state index in [4.69, 9.17) is 29.5 Å². The largest absolute Gasteiger partial charge is 0.494 e. The first kappa shape index (κ1) is 31.3. The number of unbranched alkanes of at least 4 members (excludes halogenated alkanes) is 3. The second kappa shape index (κ2) is 17.6. The van der Waals surface area contributed by atoms with Gasteiger partial charge in [0.1, 0.15) is 24.7 Å². The van der Waals surface area contributed by atoms with Gasteiger partial charge in [0.15, 0.2) is 0 Å². The number of carbonyl (C=O) groups excluding carboxylic acids is 4. The lowest BCUT2D eigenvalue weighted by Crippen LogP contribution is -2.18. The van der Waals surface area contributed by atoms with Crippen molar-refractivity contribution in [2.24, 2.45) is 10.9 Å². The molecule has 0 aromatic heterocycles. The van der Waals surface area contributed by atoms with E-state index in [0.29, 0.717) is 24.5 Å². The second-order valence-corrected chi connectivity index (χ2v) is 8.09. The van der Waals surface area contributed by atoms with Crippen molar-refractivity contribution in [1.82, 2.24) is 0 Å². The predicted octanol–water partition coefficient (Wildman–Crippen LogP) is 3.75. The molecular formula is C29H32N2O9. The summed E-state index contributed by atoms with van der Waals surface area (Å²) in [5.74, 6) is 3.36. The molecule has 2 aromatic rings. The Morgan fingerprint density at radius 3 is 1.95 bits per heavy atom. The molecule has 0 bridgehead atoms. The van der Waals surface area contributed by atoms with Crippen LogP contribution in [-0.4, -0.2) is 56.5 Å². The summed E-state index contributed by atoms with van der Waals surface area (Å²) in [6.45, 7) is 7.09. The van der Waals surface area contributed by atoms with E-state index >= 15 is 0 Å². The number of esters is 4. The summed E-state index contributed by atoms with van der Waals surface area (Å²) >= 11 is 0. The normalized spacial score (nSPS) is 10.4. The summed E-state index contributed by atoms with van der Waals surface area (Å²) in [5, 5.41) is 3.42. The molecule has 2 aromatic carbocycles. The van der Waals surface area contributed by atoms with Gasteiger partial charge >= 0.3 is 23.9 Å². The van der Waals surface area contributed by atoms with Gasteiger partial charge in [0.05, 0.1) is 30.6 Å². The van der Waals surface area contributed by atoms with Gasteiger partial charge in [-0.15, -0.1) is 0 Å². The fourth-order valence-corrected chi connectivity index (χ4v) is 3.23. The van der Waals surface area contributed by atoms with Gasteiger partial charge in [0.2, 0.25) is 0 Å². The molecule has 0 saturated heterocycles. The number of ether oxygens (including phenoxy) is 5. The van der Waals surface area contributed by atoms with Crippen LogP contribution in [0.4, 0.5) is 0 Å². The van der Waals surface area contributed by atoms with E-state index < -0.39 is 23.9 Å². The summed E-state index contributed by atoms with van der Waals surface area (Å²) < 4.78 is 26.0. The van der Waals surface area contributed by atoms with Crippen molar-refractivity contribution >= 4 is 30.1 Å². The van der Waals surface area contributed by atoms with Gasteiger partial charge in [0.25, 0.3) is 0 Å². The van der Waals surface area contributed by atoms with Crippen molar-refractivity contribution in [2.45, 2.75) is 25.7 Å². The molecule has 212 valence electrons. The van der Waals surface area contributed by atoms with E-state index in [9.17, 15) is 19.2 Å². The highest BCUT2D eigenvalue weighted by molar-refractivity contribution is 6.05. The molecule has 40 heavy (non-hydrogen) atoms. The minimum absolute atomic E-state index is 0.0400. The smallest absolute Gasteiger partial charge is 0.344 e. The fourth-order valence-electron chi connectivity index (χ4n) is 3.23. The fraction of sp³-hybridized carbons (Fsp3) is 0.276. The van der Waals surface area contributed by atoms with Crippen molar-refractivity contribution < 1.29 is 42.9 Å². The lowest BCUT2D eigenvalue weighted by molar-refractivity contribution is -0.139. The first-order valence-electron chi connectivity index (χ1n) is 12.5. The molecule has 0 radical (unpaired) electrons. The Balaban J connectivity index is 1.89. The zero-order chi connectivity index (χ0) is 29.2. The number of hydrogen-bond donors (Lipinski definition) is 1. The van der Waals surface area contributed by atoms with E-state index in [2.05, 4.69) is 18.3 Å². The summed E-state index contributed by atoms with van der Waals surface area (Å²) in [7, 11) is 0. The highest BCUT2D eigenvalue weighted by Gasteiger charge is 2.21. The van der Waals surface area contributed by atoms with Gasteiger partial charge in [-0.2, -0.15) is 5.10 Å². The van der Waals surface area contributed by atoms with E-state index in [-0.39, 0.29) is 30.1 Å². The van der Waals surface area contributed by atoms with Crippen LogP contribution in [-0.2, 0) is 23.8 Å². The van der Waals surface area contributed by atoms with Gasteiger partial charge < -0.3 is 29.5 Å². The third-order valence-corrected chi connectivity index (χ3v) is 5.19. The minimum Gasteiger partial charge on any atom is -0.494 e. The van der Waals surface area contributed by atoms with Crippen molar-refractivity contribution in [3.05, 3.63) is 84.5 Å². The second-order valence-electron chi connectivity index (χ2n) is 8.09. The third-order valence-electron chi connectivity index (χ3n) is 5.19. The molecule has 0 amide bonds. The summed E-state index contributed by atoms with van der Waals surface area (Å²) in [6.07, 6.45) is 6.85. The number of rotatable bonds is 17. The van der Waals surface area contributed by atoms with Crippen LogP contribution in [0.15, 0.2) is 72.9 Å². The molecule has 11 heteroatoms. The quantitative estimate of drug-likeness (QED) is 0.0449. The SMILES string of the molecule is C=CC(=O)OCCCCCCOc1ccc(OC(=O)c2ccc(/C=N/N)cc2C(=O)OCCOC(=O)C=C)cc1. The zero-order valence-corrected chi connectivity index (χ0v) is 22.0. The Morgan fingerprint density at radius 1 is 0.700 bits per heavy atom. The van der Waals surface area contributed by atoms with Crippen molar-refractivity contribution in [3.8, 4) is 11.5 Å². The summed E-state index contributed by atoms with van der Waals surface area (Å²) in [4.78, 5) is 47.7. The molecule has 0 aliphatic carbocycles. The molecule has 0 spiro atoms. The summed E-state index contributed by atoms with van der Waals surface area (Å²) in [5.41, 5.74) is 0.347. The van der Waals surface area contributed by atoms with E-state index in [1.165, 1.54) is 18.3 Å². The number of hydrazone groups is 1. The molecule has 0 unspecified atom stereocenters. The highest BCUT2D eigenvalue weighted by atomic mass is 16.6. The van der Waals surface area contributed by atoms with Crippen LogP contribution in [0.1, 0.15) is 52.0 Å². The first-order valence-corrected chi connectivity index (χ1v) is 12.5. The Bertz CT molecular complexity index is 1210. The molecule has 2 N–H and O–H groups in total. The van der Waals surface area contributed by atoms with Gasteiger partial charge in [-0.3, -0.25) is 0 Å². The molecule has 0 aliphatic heterocycles. The van der Waals surface area contributed by atoms with Crippen LogP contribution < -0.4 is 15.3 Å². The minimum atomic E-state index is -0.824.